The SMILES string of the molecule is Cc1cc(NC(=O)c2cccnc2O[C@@H]2CCSC2)c2ccccc2n1. The van der Waals surface area contributed by atoms with Crippen molar-refractivity contribution in [3.63, 3.8) is 0 Å². The minimum Gasteiger partial charge on any atom is -0.473 e. The minimum atomic E-state index is -0.227. The third kappa shape index (κ3) is 3.51. The Balaban J connectivity index is 1.63. The number of ether oxygens (including phenoxy) is 1. The average Bonchev–Trinajstić information content (AvgIpc) is 3.15. The highest BCUT2D eigenvalue weighted by Gasteiger charge is 2.21. The van der Waals surface area contributed by atoms with E-state index < -0.39 is 0 Å². The number of anilines is 1. The van der Waals surface area contributed by atoms with Crippen molar-refractivity contribution in [1.82, 2.24) is 9.97 Å². The van der Waals surface area contributed by atoms with Crippen molar-refractivity contribution in [3.8, 4) is 5.88 Å². The number of para-hydroxylation sites is 1. The molecule has 0 saturated carbocycles. The zero-order chi connectivity index (χ0) is 17.9. The van der Waals surface area contributed by atoms with Crippen LogP contribution in [-0.4, -0.2) is 33.5 Å². The third-order valence-corrected chi connectivity index (χ3v) is 5.41. The molecule has 0 aliphatic carbocycles. The van der Waals surface area contributed by atoms with Crippen molar-refractivity contribution in [2.24, 2.45) is 0 Å². The number of thioether (sulfide) groups is 1. The number of carbonyl (C=O) groups is 1. The summed E-state index contributed by atoms with van der Waals surface area (Å²) >= 11 is 1.86. The summed E-state index contributed by atoms with van der Waals surface area (Å²) in [6.45, 7) is 1.92. The fraction of sp³-hybridized carbons (Fsp3) is 0.250. The molecule has 0 radical (unpaired) electrons. The number of fused-ring (bicyclic) bond motifs is 1. The Labute approximate surface area is 156 Å². The molecule has 2 aromatic heterocycles. The van der Waals surface area contributed by atoms with Crippen LogP contribution in [0.3, 0.4) is 0 Å². The molecule has 1 aliphatic rings. The molecule has 132 valence electrons. The average molecular weight is 365 g/mol. The van der Waals surface area contributed by atoms with E-state index in [1.807, 2.05) is 49.0 Å². The second-order valence-electron chi connectivity index (χ2n) is 6.24. The van der Waals surface area contributed by atoms with E-state index in [2.05, 4.69) is 15.3 Å². The number of carbonyl (C=O) groups excluding carboxylic acids is 1. The maximum Gasteiger partial charge on any atom is 0.261 e. The zero-order valence-electron chi connectivity index (χ0n) is 14.4. The Morgan fingerprint density at radius 2 is 2.15 bits per heavy atom. The number of nitrogens with one attached hydrogen (secondary N) is 1. The summed E-state index contributed by atoms with van der Waals surface area (Å²) in [5.41, 5.74) is 2.89. The standard InChI is InChI=1S/C20H19N3O2S/c1-13-11-18(15-5-2-3-7-17(15)22-13)23-19(24)16-6-4-9-21-20(16)25-14-8-10-26-12-14/h2-7,9,11,14H,8,10,12H2,1H3,(H,22,23,24)/t14-/m1/s1. The zero-order valence-corrected chi connectivity index (χ0v) is 15.3. The van der Waals surface area contributed by atoms with Crippen molar-refractivity contribution in [1.29, 1.82) is 0 Å². The molecule has 1 atom stereocenters. The van der Waals surface area contributed by atoms with Crippen molar-refractivity contribution in [2.45, 2.75) is 19.4 Å². The first-order valence-corrected chi connectivity index (χ1v) is 9.73. The molecule has 3 aromatic rings. The molecule has 1 aromatic carbocycles. The number of amides is 1. The first-order valence-electron chi connectivity index (χ1n) is 8.58. The summed E-state index contributed by atoms with van der Waals surface area (Å²) < 4.78 is 5.97. The quantitative estimate of drug-likeness (QED) is 0.755. The van der Waals surface area contributed by atoms with Crippen LogP contribution in [0.25, 0.3) is 10.9 Å². The normalized spacial score (nSPS) is 16.6. The van der Waals surface area contributed by atoms with E-state index in [-0.39, 0.29) is 12.0 Å². The lowest BCUT2D eigenvalue weighted by atomic mass is 10.1. The van der Waals surface area contributed by atoms with E-state index in [1.54, 1.807) is 18.3 Å². The fourth-order valence-corrected chi connectivity index (χ4v) is 4.12. The summed E-state index contributed by atoms with van der Waals surface area (Å²) in [7, 11) is 0. The Bertz CT molecular complexity index is 955. The lowest BCUT2D eigenvalue weighted by molar-refractivity contribution is 0.101. The number of aromatic nitrogens is 2. The number of rotatable bonds is 4. The van der Waals surface area contributed by atoms with Gasteiger partial charge in [-0.3, -0.25) is 9.78 Å². The highest BCUT2D eigenvalue weighted by atomic mass is 32.2. The Morgan fingerprint density at radius 1 is 1.27 bits per heavy atom. The largest absolute Gasteiger partial charge is 0.473 e. The summed E-state index contributed by atoms with van der Waals surface area (Å²) in [5, 5.41) is 3.91. The molecule has 4 rings (SSSR count). The Kier molecular flexibility index (Phi) is 4.75. The second-order valence-corrected chi connectivity index (χ2v) is 7.39. The Morgan fingerprint density at radius 3 is 3.00 bits per heavy atom. The second kappa shape index (κ2) is 7.33. The molecule has 6 heteroatoms. The third-order valence-electron chi connectivity index (χ3n) is 4.27. The lowest BCUT2D eigenvalue weighted by Crippen LogP contribution is -2.20. The fourth-order valence-electron chi connectivity index (χ4n) is 3.02. The van der Waals surface area contributed by atoms with Gasteiger partial charge in [-0.25, -0.2) is 4.98 Å². The minimum absolute atomic E-state index is 0.116. The van der Waals surface area contributed by atoms with Crippen LogP contribution in [0.1, 0.15) is 22.5 Å². The van der Waals surface area contributed by atoms with Crippen LogP contribution in [0.15, 0.2) is 48.7 Å². The molecule has 0 bridgehead atoms. The van der Waals surface area contributed by atoms with Gasteiger partial charge in [-0.2, -0.15) is 11.8 Å². The van der Waals surface area contributed by atoms with Crippen LogP contribution in [0.5, 0.6) is 5.88 Å². The Hall–Kier alpha value is -2.60. The summed E-state index contributed by atoms with van der Waals surface area (Å²) in [6, 6.07) is 13.1. The number of hydrogen-bond acceptors (Lipinski definition) is 5. The van der Waals surface area contributed by atoms with Crippen molar-refractivity contribution in [2.75, 3.05) is 16.8 Å². The van der Waals surface area contributed by atoms with Crippen LogP contribution >= 0.6 is 11.8 Å². The molecule has 1 aliphatic heterocycles. The highest BCUT2D eigenvalue weighted by Crippen LogP contribution is 2.27. The van der Waals surface area contributed by atoms with Gasteiger partial charge in [-0.05, 0) is 43.4 Å². The van der Waals surface area contributed by atoms with Crippen molar-refractivity contribution < 1.29 is 9.53 Å². The molecule has 26 heavy (non-hydrogen) atoms. The molecule has 1 saturated heterocycles. The number of pyridine rings is 2. The molecule has 1 amide bonds. The smallest absolute Gasteiger partial charge is 0.261 e. The van der Waals surface area contributed by atoms with E-state index >= 15 is 0 Å². The first kappa shape index (κ1) is 16.8. The van der Waals surface area contributed by atoms with Crippen LogP contribution < -0.4 is 10.1 Å². The van der Waals surface area contributed by atoms with E-state index in [4.69, 9.17) is 4.74 Å². The van der Waals surface area contributed by atoms with Crippen molar-refractivity contribution in [3.05, 3.63) is 59.9 Å². The molecule has 1 fully saturated rings. The van der Waals surface area contributed by atoms with Crippen LogP contribution in [-0.2, 0) is 0 Å². The number of hydrogen-bond donors (Lipinski definition) is 1. The first-order chi connectivity index (χ1) is 12.7. The van der Waals surface area contributed by atoms with Crippen LogP contribution in [0.4, 0.5) is 5.69 Å². The van der Waals surface area contributed by atoms with Crippen molar-refractivity contribution >= 4 is 34.3 Å². The molecule has 0 unspecified atom stereocenters. The van der Waals surface area contributed by atoms with Gasteiger partial charge in [0.25, 0.3) is 5.91 Å². The molecule has 5 nitrogen and oxygen atoms in total. The number of aryl methyl sites for hydroxylation is 1. The van der Waals surface area contributed by atoms with Gasteiger partial charge in [-0.15, -0.1) is 0 Å². The maximum atomic E-state index is 12.9. The summed E-state index contributed by atoms with van der Waals surface area (Å²) in [6.07, 6.45) is 2.75. The van der Waals surface area contributed by atoms with Gasteiger partial charge in [0.2, 0.25) is 5.88 Å². The van der Waals surface area contributed by atoms with Crippen LogP contribution in [0.2, 0.25) is 0 Å². The molecule has 3 heterocycles. The topological polar surface area (TPSA) is 64.1 Å². The molecule has 1 N–H and O–H groups in total. The predicted octanol–water partition coefficient (Wildman–Crippen LogP) is 4.07. The summed E-state index contributed by atoms with van der Waals surface area (Å²) in [4.78, 5) is 21.7. The monoisotopic (exact) mass is 365 g/mol. The van der Waals surface area contributed by atoms with Gasteiger partial charge in [0.05, 0.1) is 11.2 Å². The maximum absolute atomic E-state index is 12.9. The van der Waals surface area contributed by atoms with Gasteiger partial charge < -0.3 is 10.1 Å². The van der Waals surface area contributed by atoms with Crippen LogP contribution in [0, 0.1) is 6.92 Å². The molecular formula is C20H19N3O2S. The van der Waals surface area contributed by atoms with Gasteiger partial charge in [-0.1, -0.05) is 18.2 Å². The predicted molar refractivity (Wildman–Crippen MR) is 105 cm³/mol. The van der Waals surface area contributed by atoms with Gasteiger partial charge in [0.15, 0.2) is 0 Å². The lowest BCUT2D eigenvalue weighted by Gasteiger charge is -2.15. The van der Waals surface area contributed by atoms with E-state index in [1.165, 1.54) is 0 Å². The van der Waals surface area contributed by atoms with E-state index in [0.29, 0.717) is 11.4 Å². The van der Waals surface area contributed by atoms with Gasteiger partial charge >= 0.3 is 0 Å². The van der Waals surface area contributed by atoms with E-state index in [9.17, 15) is 4.79 Å². The van der Waals surface area contributed by atoms with Gasteiger partial charge in [0, 0.05) is 23.0 Å². The molecular weight excluding hydrogens is 346 g/mol. The van der Waals surface area contributed by atoms with Gasteiger partial charge in [0.1, 0.15) is 11.7 Å². The van der Waals surface area contributed by atoms with E-state index in [0.717, 1.165) is 40.2 Å². The molecule has 0 spiro atoms. The highest BCUT2D eigenvalue weighted by molar-refractivity contribution is 7.99. The summed E-state index contributed by atoms with van der Waals surface area (Å²) in [5.74, 6) is 2.19. The number of benzene rings is 1. The number of nitrogens with zero attached hydrogens (tertiary/aromatic N) is 2.